The molecule has 0 N–H and O–H groups in total. The number of benzene rings is 3. The molecule has 1 fully saturated rings. The van der Waals surface area contributed by atoms with Crippen LogP contribution in [0.4, 0.5) is 0 Å². The van der Waals surface area contributed by atoms with Gasteiger partial charge < -0.3 is 18.9 Å². The molecule has 0 aromatic heterocycles. The summed E-state index contributed by atoms with van der Waals surface area (Å²) in [7, 11) is 0. The van der Waals surface area contributed by atoms with Gasteiger partial charge in [0.1, 0.15) is 24.2 Å². The molecular weight excluding hydrogens is 304 g/mol. The van der Waals surface area contributed by atoms with Crippen LogP contribution in [0, 0.1) is 0 Å². The minimum atomic E-state index is 0.219. The van der Waals surface area contributed by atoms with E-state index in [9.17, 15) is 0 Å². The van der Waals surface area contributed by atoms with E-state index in [0.717, 1.165) is 39.7 Å². The lowest BCUT2D eigenvalue weighted by Crippen LogP contribution is -2.06. The highest BCUT2D eigenvalue weighted by atomic mass is 16.7. The Labute approximate surface area is 140 Å². The van der Waals surface area contributed by atoms with E-state index in [4.69, 9.17) is 18.9 Å². The molecule has 0 saturated carbocycles. The van der Waals surface area contributed by atoms with Crippen molar-refractivity contribution in [2.75, 3.05) is 26.6 Å². The summed E-state index contributed by atoms with van der Waals surface area (Å²) in [5.74, 6) is 1.73. The van der Waals surface area contributed by atoms with Gasteiger partial charge in [-0.15, -0.1) is 0 Å². The Kier molecular flexibility index (Phi) is 4.24. The summed E-state index contributed by atoms with van der Waals surface area (Å²) in [6, 6.07) is 16.3. The molecule has 1 aliphatic rings. The predicted octanol–water partition coefficient (Wildman–Crippen LogP) is 4.14. The molecular formula is C20H20O4. The van der Waals surface area contributed by atoms with Gasteiger partial charge in [0, 0.05) is 28.2 Å². The summed E-state index contributed by atoms with van der Waals surface area (Å²) in [5, 5.41) is 4.15. The van der Waals surface area contributed by atoms with Gasteiger partial charge in [0.15, 0.2) is 6.79 Å². The molecule has 1 saturated heterocycles. The van der Waals surface area contributed by atoms with E-state index < -0.39 is 0 Å². The molecule has 1 atom stereocenters. The van der Waals surface area contributed by atoms with E-state index in [2.05, 4.69) is 24.3 Å². The monoisotopic (exact) mass is 324 g/mol. The number of epoxide rings is 1. The summed E-state index contributed by atoms with van der Waals surface area (Å²) in [6.45, 7) is 4.17. The number of rotatable bonds is 7. The molecule has 1 unspecified atom stereocenters. The largest absolute Gasteiger partial charge is 0.489 e. The van der Waals surface area contributed by atoms with Crippen molar-refractivity contribution in [2.24, 2.45) is 0 Å². The smallest absolute Gasteiger partial charge is 0.189 e. The zero-order valence-electron chi connectivity index (χ0n) is 13.7. The van der Waals surface area contributed by atoms with E-state index in [1.165, 1.54) is 0 Å². The molecule has 4 heteroatoms. The van der Waals surface area contributed by atoms with Gasteiger partial charge in [0.05, 0.1) is 6.61 Å². The Morgan fingerprint density at radius 1 is 0.875 bits per heavy atom. The highest BCUT2D eigenvalue weighted by Crippen LogP contribution is 2.42. The van der Waals surface area contributed by atoms with E-state index in [-0.39, 0.29) is 12.9 Å². The molecule has 3 aromatic rings. The fraction of sp³-hybridized carbons (Fsp3) is 0.300. The van der Waals surface area contributed by atoms with Gasteiger partial charge in [0.2, 0.25) is 0 Å². The van der Waals surface area contributed by atoms with Gasteiger partial charge in [-0.05, 0) is 6.92 Å². The summed E-state index contributed by atoms with van der Waals surface area (Å²) < 4.78 is 22.7. The predicted molar refractivity (Wildman–Crippen MR) is 93.8 cm³/mol. The lowest BCUT2D eigenvalue weighted by molar-refractivity contribution is 0.0242. The zero-order valence-corrected chi connectivity index (χ0v) is 13.7. The molecule has 0 bridgehead atoms. The van der Waals surface area contributed by atoms with Gasteiger partial charge in [-0.2, -0.15) is 0 Å². The van der Waals surface area contributed by atoms with Crippen LogP contribution in [0.5, 0.6) is 11.5 Å². The Hall–Kier alpha value is -2.30. The topological polar surface area (TPSA) is 40.2 Å². The lowest BCUT2D eigenvalue weighted by atomic mass is 10.0. The molecule has 0 amide bonds. The third kappa shape index (κ3) is 2.90. The first-order chi connectivity index (χ1) is 11.9. The van der Waals surface area contributed by atoms with Crippen LogP contribution in [0.3, 0.4) is 0 Å². The highest BCUT2D eigenvalue weighted by Gasteiger charge is 2.24. The standard InChI is InChI=1S/C20H20O4/c1-2-21-13-24-20-17-9-5-3-7-15(17)19(23-12-14-11-22-14)16-8-4-6-10-18(16)20/h3-10,14H,2,11-13H2,1H3. The molecule has 3 aromatic carbocycles. The lowest BCUT2D eigenvalue weighted by Gasteiger charge is -2.17. The van der Waals surface area contributed by atoms with Crippen LogP contribution < -0.4 is 9.47 Å². The molecule has 1 heterocycles. The van der Waals surface area contributed by atoms with E-state index in [0.29, 0.717) is 13.2 Å². The molecule has 4 rings (SSSR count). The van der Waals surface area contributed by atoms with Crippen LogP contribution >= 0.6 is 0 Å². The third-order valence-corrected chi connectivity index (χ3v) is 4.14. The number of hydrogen-bond donors (Lipinski definition) is 0. The summed E-state index contributed by atoms with van der Waals surface area (Å²) >= 11 is 0. The summed E-state index contributed by atoms with van der Waals surface area (Å²) in [4.78, 5) is 0. The third-order valence-electron chi connectivity index (χ3n) is 4.14. The van der Waals surface area contributed by atoms with Crippen LogP contribution in [-0.4, -0.2) is 32.7 Å². The maximum absolute atomic E-state index is 6.13. The Balaban J connectivity index is 1.87. The first-order valence-electron chi connectivity index (χ1n) is 8.27. The second-order valence-corrected chi connectivity index (χ2v) is 5.77. The van der Waals surface area contributed by atoms with Crippen molar-refractivity contribution in [3.63, 3.8) is 0 Å². The van der Waals surface area contributed by atoms with Crippen LogP contribution in [0.1, 0.15) is 6.92 Å². The Bertz CT molecular complexity index is 798. The Morgan fingerprint density at radius 3 is 1.83 bits per heavy atom. The first-order valence-corrected chi connectivity index (χ1v) is 8.27. The minimum absolute atomic E-state index is 0.219. The number of ether oxygens (including phenoxy) is 4. The SMILES string of the molecule is CCOCOc1c2ccccc2c(OCC2CO2)c2ccccc12. The van der Waals surface area contributed by atoms with Crippen molar-refractivity contribution in [3.05, 3.63) is 48.5 Å². The molecule has 24 heavy (non-hydrogen) atoms. The van der Waals surface area contributed by atoms with Gasteiger partial charge in [-0.1, -0.05) is 48.5 Å². The van der Waals surface area contributed by atoms with Gasteiger partial charge in [-0.25, -0.2) is 0 Å². The van der Waals surface area contributed by atoms with Crippen molar-refractivity contribution >= 4 is 21.5 Å². The fourth-order valence-corrected chi connectivity index (χ4v) is 2.88. The molecule has 0 radical (unpaired) electrons. The first kappa shape index (κ1) is 15.2. The average molecular weight is 324 g/mol. The second-order valence-electron chi connectivity index (χ2n) is 5.77. The van der Waals surface area contributed by atoms with E-state index in [1.807, 2.05) is 31.2 Å². The normalized spacial score (nSPS) is 16.5. The minimum Gasteiger partial charge on any atom is -0.489 e. The van der Waals surface area contributed by atoms with Crippen molar-refractivity contribution < 1.29 is 18.9 Å². The maximum atomic E-state index is 6.13. The summed E-state index contributed by atoms with van der Waals surface area (Å²) in [6.07, 6.45) is 0.219. The van der Waals surface area contributed by atoms with Crippen LogP contribution in [0.15, 0.2) is 48.5 Å². The van der Waals surface area contributed by atoms with Gasteiger partial charge in [0.25, 0.3) is 0 Å². The van der Waals surface area contributed by atoms with Crippen LogP contribution in [-0.2, 0) is 9.47 Å². The fourth-order valence-electron chi connectivity index (χ4n) is 2.88. The van der Waals surface area contributed by atoms with Crippen molar-refractivity contribution in [1.29, 1.82) is 0 Å². The average Bonchev–Trinajstić information content (AvgIpc) is 3.45. The van der Waals surface area contributed by atoms with Crippen molar-refractivity contribution in [1.82, 2.24) is 0 Å². The molecule has 4 nitrogen and oxygen atoms in total. The van der Waals surface area contributed by atoms with E-state index >= 15 is 0 Å². The van der Waals surface area contributed by atoms with Crippen molar-refractivity contribution in [2.45, 2.75) is 13.0 Å². The molecule has 124 valence electrons. The van der Waals surface area contributed by atoms with Crippen LogP contribution in [0.2, 0.25) is 0 Å². The summed E-state index contributed by atoms with van der Waals surface area (Å²) in [5.41, 5.74) is 0. The van der Waals surface area contributed by atoms with Crippen LogP contribution in [0.25, 0.3) is 21.5 Å². The quantitative estimate of drug-likeness (QED) is 0.283. The zero-order chi connectivity index (χ0) is 16.4. The van der Waals surface area contributed by atoms with Crippen molar-refractivity contribution in [3.8, 4) is 11.5 Å². The highest BCUT2D eigenvalue weighted by molar-refractivity contribution is 6.11. The number of fused-ring (bicyclic) bond motifs is 2. The Morgan fingerprint density at radius 2 is 1.38 bits per heavy atom. The molecule has 1 aliphatic heterocycles. The number of hydrogen-bond acceptors (Lipinski definition) is 4. The van der Waals surface area contributed by atoms with E-state index in [1.54, 1.807) is 0 Å². The molecule has 0 aliphatic carbocycles. The van der Waals surface area contributed by atoms with Gasteiger partial charge >= 0.3 is 0 Å². The maximum Gasteiger partial charge on any atom is 0.189 e. The molecule has 0 spiro atoms. The van der Waals surface area contributed by atoms with Gasteiger partial charge in [-0.3, -0.25) is 0 Å². The second kappa shape index (κ2) is 6.67.